The van der Waals surface area contributed by atoms with Crippen molar-refractivity contribution in [3.63, 3.8) is 0 Å². The van der Waals surface area contributed by atoms with Crippen molar-refractivity contribution in [1.82, 2.24) is 14.2 Å². The van der Waals surface area contributed by atoms with Crippen LogP contribution in [0.3, 0.4) is 0 Å². The lowest BCUT2D eigenvalue weighted by atomic mass is 9.90. The Morgan fingerprint density at radius 1 is 1.24 bits per heavy atom. The number of amides is 1. The van der Waals surface area contributed by atoms with Crippen molar-refractivity contribution >= 4 is 26.8 Å². The number of hydrogen-bond acceptors (Lipinski definition) is 5. The number of hydrogen-bond donors (Lipinski definition) is 1. The van der Waals surface area contributed by atoms with E-state index in [4.69, 9.17) is 9.47 Å². The summed E-state index contributed by atoms with van der Waals surface area (Å²) in [6.07, 6.45) is 1.26. The van der Waals surface area contributed by atoms with E-state index in [9.17, 15) is 13.2 Å². The first kappa shape index (κ1) is 20.2. The van der Waals surface area contributed by atoms with Crippen molar-refractivity contribution < 1.29 is 22.7 Å². The Balaban J connectivity index is 1.44. The standard InChI is InChI=1S/C20H27N3O5S/c1-3-29(25,26)23-10-11-28-20(14-23)6-8-22(9-7-20)19(24)18-13-15-12-16(27-2)4-5-17(15)21-18/h4-5,12-13,21H,3,6-11,14H2,1-2H3. The van der Waals surface area contributed by atoms with Crippen LogP contribution in [0.2, 0.25) is 0 Å². The average molecular weight is 422 g/mol. The number of ether oxygens (including phenoxy) is 2. The molecule has 1 N–H and O–H groups in total. The molecule has 2 saturated heterocycles. The highest BCUT2D eigenvalue weighted by Gasteiger charge is 2.43. The van der Waals surface area contributed by atoms with Gasteiger partial charge in [0.05, 0.1) is 25.1 Å². The van der Waals surface area contributed by atoms with E-state index in [1.807, 2.05) is 29.2 Å². The summed E-state index contributed by atoms with van der Waals surface area (Å²) in [5.74, 6) is 0.791. The van der Waals surface area contributed by atoms with Gasteiger partial charge < -0.3 is 19.4 Å². The molecular formula is C20H27N3O5S. The van der Waals surface area contributed by atoms with Crippen LogP contribution in [0.25, 0.3) is 10.9 Å². The van der Waals surface area contributed by atoms with Gasteiger partial charge in [0.1, 0.15) is 11.4 Å². The second kappa shape index (κ2) is 7.62. The molecule has 1 spiro atoms. The van der Waals surface area contributed by atoms with E-state index in [0.717, 1.165) is 16.7 Å². The van der Waals surface area contributed by atoms with Crippen LogP contribution < -0.4 is 4.74 Å². The molecule has 0 unspecified atom stereocenters. The summed E-state index contributed by atoms with van der Waals surface area (Å²) in [5, 5.41) is 0.928. The van der Waals surface area contributed by atoms with Gasteiger partial charge in [-0.2, -0.15) is 4.31 Å². The SMILES string of the molecule is CCS(=O)(=O)N1CCOC2(CCN(C(=O)c3cc4cc(OC)ccc4[nH]3)CC2)C1. The fraction of sp³-hybridized carbons (Fsp3) is 0.550. The molecule has 2 aromatic rings. The molecule has 2 aliphatic heterocycles. The van der Waals surface area contributed by atoms with E-state index in [2.05, 4.69) is 4.98 Å². The van der Waals surface area contributed by atoms with Crippen LogP contribution in [0, 0.1) is 0 Å². The number of fused-ring (bicyclic) bond motifs is 1. The van der Waals surface area contributed by atoms with Crippen LogP contribution in [0.4, 0.5) is 0 Å². The lowest BCUT2D eigenvalue weighted by molar-refractivity contribution is -0.115. The molecule has 3 heterocycles. The molecule has 1 aromatic carbocycles. The van der Waals surface area contributed by atoms with Crippen molar-refractivity contribution in [2.45, 2.75) is 25.4 Å². The first-order valence-corrected chi connectivity index (χ1v) is 11.5. The number of likely N-dealkylation sites (tertiary alicyclic amines) is 1. The Hall–Kier alpha value is -2.10. The van der Waals surface area contributed by atoms with E-state index < -0.39 is 15.6 Å². The lowest BCUT2D eigenvalue weighted by Gasteiger charge is -2.46. The fourth-order valence-corrected chi connectivity index (χ4v) is 5.32. The fourth-order valence-electron chi connectivity index (χ4n) is 4.17. The number of methoxy groups -OCH3 is 1. The van der Waals surface area contributed by atoms with Gasteiger partial charge in [-0.15, -0.1) is 0 Å². The molecule has 4 rings (SSSR count). The minimum atomic E-state index is -3.23. The summed E-state index contributed by atoms with van der Waals surface area (Å²) in [6.45, 7) is 3.91. The molecule has 2 aliphatic rings. The largest absolute Gasteiger partial charge is 0.497 e. The number of piperidine rings is 1. The zero-order valence-corrected chi connectivity index (χ0v) is 17.6. The monoisotopic (exact) mass is 421 g/mol. The number of aromatic amines is 1. The minimum absolute atomic E-state index is 0.0520. The predicted octanol–water partition coefficient (Wildman–Crippen LogP) is 1.83. The third kappa shape index (κ3) is 3.86. The van der Waals surface area contributed by atoms with Crippen molar-refractivity contribution in [1.29, 1.82) is 0 Å². The maximum absolute atomic E-state index is 13.0. The molecular weight excluding hydrogens is 394 g/mol. The number of nitrogens with zero attached hydrogens (tertiary/aromatic N) is 2. The summed E-state index contributed by atoms with van der Waals surface area (Å²) in [6, 6.07) is 7.49. The zero-order valence-electron chi connectivity index (χ0n) is 16.8. The van der Waals surface area contributed by atoms with Gasteiger partial charge in [-0.05, 0) is 44.0 Å². The highest BCUT2D eigenvalue weighted by Crippen LogP contribution is 2.32. The Kier molecular flexibility index (Phi) is 5.30. The molecule has 2 fully saturated rings. The Labute approximate surface area is 170 Å². The number of benzene rings is 1. The van der Waals surface area contributed by atoms with E-state index in [1.165, 1.54) is 0 Å². The number of aromatic nitrogens is 1. The summed E-state index contributed by atoms with van der Waals surface area (Å²) in [4.78, 5) is 18.0. The zero-order chi connectivity index (χ0) is 20.6. The predicted molar refractivity (Wildman–Crippen MR) is 110 cm³/mol. The van der Waals surface area contributed by atoms with Crippen LogP contribution >= 0.6 is 0 Å². The van der Waals surface area contributed by atoms with Crippen LogP contribution in [-0.2, 0) is 14.8 Å². The van der Waals surface area contributed by atoms with Crippen molar-refractivity contribution in [2.75, 3.05) is 45.6 Å². The van der Waals surface area contributed by atoms with Crippen molar-refractivity contribution in [3.8, 4) is 5.75 Å². The Morgan fingerprint density at radius 2 is 2.00 bits per heavy atom. The van der Waals surface area contributed by atoms with Crippen LogP contribution in [0.5, 0.6) is 5.75 Å². The van der Waals surface area contributed by atoms with E-state index >= 15 is 0 Å². The number of H-pyrrole nitrogens is 1. The molecule has 9 heteroatoms. The van der Waals surface area contributed by atoms with E-state index in [0.29, 0.717) is 51.3 Å². The normalized spacial score (nSPS) is 20.3. The van der Waals surface area contributed by atoms with Gasteiger partial charge in [0.2, 0.25) is 10.0 Å². The first-order chi connectivity index (χ1) is 13.9. The third-order valence-corrected chi connectivity index (χ3v) is 7.82. The van der Waals surface area contributed by atoms with Gasteiger partial charge >= 0.3 is 0 Å². The molecule has 0 saturated carbocycles. The second-order valence-electron chi connectivity index (χ2n) is 7.69. The van der Waals surface area contributed by atoms with Crippen LogP contribution in [0.1, 0.15) is 30.3 Å². The molecule has 0 radical (unpaired) electrons. The number of nitrogens with one attached hydrogen (secondary N) is 1. The molecule has 29 heavy (non-hydrogen) atoms. The molecule has 0 atom stereocenters. The van der Waals surface area contributed by atoms with Gasteiger partial charge in [-0.25, -0.2) is 8.42 Å². The van der Waals surface area contributed by atoms with Gasteiger partial charge in [-0.1, -0.05) is 0 Å². The van der Waals surface area contributed by atoms with Crippen molar-refractivity contribution in [3.05, 3.63) is 30.0 Å². The highest BCUT2D eigenvalue weighted by molar-refractivity contribution is 7.89. The van der Waals surface area contributed by atoms with Crippen LogP contribution in [-0.4, -0.2) is 79.8 Å². The summed E-state index contributed by atoms with van der Waals surface area (Å²) in [7, 11) is -1.62. The van der Waals surface area contributed by atoms with Gasteiger partial charge in [-0.3, -0.25) is 4.79 Å². The lowest BCUT2D eigenvalue weighted by Crippen LogP contribution is -2.58. The number of carbonyl (C=O) groups is 1. The summed E-state index contributed by atoms with van der Waals surface area (Å²) < 4.78 is 37.3. The molecule has 158 valence electrons. The molecule has 0 aliphatic carbocycles. The Morgan fingerprint density at radius 3 is 2.69 bits per heavy atom. The molecule has 1 aromatic heterocycles. The van der Waals surface area contributed by atoms with Gasteiger partial charge in [0.15, 0.2) is 0 Å². The summed E-state index contributed by atoms with van der Waals surface area (Å²) in [5.41, 5.74) is 0.938. The third-order valence-electron chi connectivity index (χ3n) is 5.99. The minimum Gasteiger partial charge on any atom is -0.497 e. The number of sulfonamides is 1. The van der Waals surface area contributed by atoms with E-state index in [-0.39, 0.29) is 11.7 Å². The van der Waals surface area contributed by atoms with Gasteiger partial charge in [0, 0.05) is 37.1 Å². The smallest absolute Gasteiger partial charge is 0.270 e. The Bertz CT molecular complexity index is 1010. The van der Waals surface area contributed by atoms with Crippen molar-refractivity contribution in [2.24, 2.45) is 0 Å². The maximum Gasteiger partial charge on any atom is 0.270 e. The summed E-state index contributed by atoms with van der Waals surface area (Å²) >= 11 is 0. The molecule has 1 amide bonds. The topological polar surface area (TPSA) is 91.9 Å². The first-order valence-electron chi connectivity index (χ1n) is 9.94. The quantitative estimate of drug-likeness (QED) is 0.813. The second-order valence-corrected chi connectivity index (χ2v) is 9.95. The van der Waals surface area contributed by atoms with Crippen LogP contribution in [0.15, 0.2) is 24.3 Å². The van der Waals surface area contributed by atoms with Gasteiger partial charge in [0.25, 0.3) is 5.91 Å². The highest BCUT2D eigenvalue weighted by atomic mass is 32.2. The molecule has 8 nitrogen and oxygen atoms in total. The van der Waals surface area contributed by atoms with E-state index in [1.54, 1.807) is 18.3 Å². The number of rotatable bonds is 4. The molecule has 0 bridgehead atoms. The number of carbonyl (C=O) groups excluding carboxylic acids is 1. The maximum atomic E-state index is 13.0. The average Bonchev–Trinajstić information content (AvgIpc) is 3.17. The number of morpholine rings is 1.